The molecule has 8 heteroatoms. The molecule has 1 heterocycles. The molecule has 2 aromatic carbocycles. The Morgan fingerprint density at radius 3 is 2.50 bits per heavy atom. The minimum atomic E-state index is 0. The molecule has 0 fully saturated rings. The van der Waals surface area contributed by atoms with Crippen molar-refractivity contribution in [2.24, 2.45) is 5.10 Å². The van der Waals surface area contributed by atoms with Crippen molar-refractivity contribution in [3.8, 4) is 17.6 Å². The highest BCUT2D eigenvalue weighted by Gasteiger charge is 2.11. The molecule has 7 nitrogen and oxygen atoms in total. The van der Waals surface area contributed by atoms with Crippen molar-refractivity contribution < 1.29 is 9.47 Å². The van der Waals surface area contributed by atoms with Crippen LogP contribution in [0.4, 0.5) is 0 Å². The minimum Gasteiger partial charge on any atom is -0.493 e. The van der Waals surface area contributed by atoms with Gasteiger partial charge in [-0.25, -0.2) is 0 Å². The van der Waals surface area contributed by atoms with E-state index in [-0.39, 0.29) is 24.6 Å². The Balaban J connectivity index is 0.00000243. The Bertz CT molecular complexity index is 1050. The van der Waals surface area contributed by atoms with Crippen LogP contribution in [0, 0.1) is 16.7 Å². The third-order valence-corrected chi connectivity index (χ3v) is 3.83. The van der Waals surface area contributed by atoms with Crippen molar-refractivity contribution in [1.29, 1.82) is 10.7 Å². The molecule has 0 amide bonds. The summed E-state index contributed by atoms with van der Waals surface area (Å²) in [5.74, 6) is 1.18. The summed E-state index contributed by atoms with van der Waals surface area (Å²) >= 11 is 0. The molecule has 26 heavy (non-hydrogen) atoms. The number of halogens is 1. The molecule has 0 aliphatic heterocycles. The van der Waals surface area contributed by atoms with Gasteiger partial charge in [0.2, 0.25) is 5.62 Å². The van der Waals surface area contributed by atoms with Crippen LogP contribution in [0.3, 0.4) is 0 Å². The number of hydrogen-bond donors (Lipinski definition) is 1. The van der Waals surface area contributed by atoms with E-state index in [1.807, 2.05) is 36.4 Å². The summed E-state index contributed by atoms with van der Waals surface area (Å²) < 4.78 is 13.8. The fraction of sp³-hybridized carbons (Fsp3) is 0.167. The molecule has 1 aromatic heterocycles. The maximum Gasteiger partial charge on any atom is 0.225 e. The zero-order valence-electron chi connectivity index (χ0n) is 14.3. The fourth-order valence-electron chi connectivity index (χ4n) is 2.70. The summed E-state index contributed by atoms with van der Waals surface area (Å²) in [7, 11) is 3.14. The average molecular weight is 372 g/mol. The van der Waals surface area contributed by atoms with Crippen molar-refractivity contribution in [1.82, 2.24) is 9.24 Å². The number of benzene rings is 2. The van der Waals surface area contributed by atoms with E-state index in [1.165, 1.54) is 4.68 Å². The van der Waals surface area contributed by atoms with Gasteiger partial charge >= 0.3 is 0 Å². The van der Waals surface area contributed by atoms with Gasteiger partial charge in [0.25, 0.3) is 0 Å². The lowest BCUT2D eigenvalue weighted by Gasteiger charge is -2.09. The number of imidazole rings is 1. The number of rotatable bonds is 5. The quantitative estimate of drug-likeness (QED) is 0.699. The molecule has 0 unspecified atom stereocenters. The molecule has 3 aromatic rings. The van der Waals surface area contributed by atoms with Crippen LogP contribution < -0.4 is 15.1 Å². The first-order valence-electron chi connectivity index (χ1n) is 7.58. The van der Waals surface area contributed by atoms with E-state index in [0.29, 0.717) is 11.5 Å². The van der Waals surface area contributed by atoms with Crippen LogP contribution in [0.2, 0.25) is 0 Å². The van der Waals surface area contributed by atoms with Gasteiger partial charge in [0.05, 0.1) is 37.5 Å². The van der Waals surface area contributed by atoms with Gasteiger partial charge in [-0.15, -0.1) is 12.4 Å². The van der Waals surface area contributed by atoms with Gasteiger partial charge in [-0.2, -0.15) is 15.0 Å². The van der Waals surface area contributed by atoms with Gasteiger partial charge in [0, 0.05) is 5.56 Å². The van der Waals surface area contributed by atoms with Gasteiger partial charge in [0.1, 0.15) is 6.54 Å². The molecule has 0 bridgehead atoms. The predicted molar refractivity (Wildman–Crippen MR) is 101 cm³/mol. The van der Waals surface area contributed by atoms with Crippen molar-refractivity contribution in [3.63, 3.8) is 0 Å². The van der Waals surface area contributed by atoms with Crippen LogP contribution in [0.5, 0.6) is 11.5 Å². The molecule has 0 saturated heterocycles. The molecule has 0 atom stereocenters. The second kappa shape index (κ2) is 8.23. The number of ether oxygens (including phenoxy) is 2. The number of fused-ring (bicyclic) bond motifs is 1. The van der Waals surface area contributed by atoms with E-state index in [2.05, 4.69) is 11.2 Å². The van der Waals surface area contributed by atoms with E-state index >= 15 is 0 Å². The first kappa shape index (κ1) is 19.1. The predicted octanol–water partition coefficient (Wildman–Crippen LogP) is 2.77. The molecule has 1 N–H and O–H groups in total. The largest absolute Gasteiger partial charge is 0.493 e. The number of nitrogens with one attached hydrogen (secondary N) is 1. The van der Waals surface area contributed by atoms with Crippen molar-refractivity contribution >= 4 is 29.7 Å². The molecule has 0 aliphatic rings. The zero-order valence-corrected chi connectivity index (χ0v) is 15.2. The summed E-state index contributed by atoms with van der Waals surface area (Å²) in [4.78, 5) is 0. The molecule has 0 radical (unpaired) electrons. The molecular formula is C18H18ClN5O2. The Morgan fingerprint density at radius 1 is 1.12 bits per heavy atom. The summed E-state index contributed by atoms with van der Waals surface area (Å²) in [6.07, 6.45) is 1.61. The lowest BCUT2D eigenvalue weighted by molar-refractivity contribution is 0.354. The van der Waals surface area contributed by atoms with Crippen molar-refractivity contribution in [3.05, 3.63) is 53.6 Å². The highest BCUT2D eigenvalue weighted by molar-refractivity contribution is 5.86. The topological polar surface area (TPSA) is 88.3 Å². The molecule has 3 rings (SSSR count). The van der Waals surface area contributed by atoms with E-state index < -0.39 is 0 Å². The van der Waals surface area contributed by atoms with Crippen LogP contribution in [0.1, 0.15) is 5.56 Å². The maximum atomic E-state index is 9.01. The summed E-state index contributed by atoms with van der Waals surface area (Å²) in [6, 6.07) is 15.0. The second-order valence-corrected chi connectivity index (χ2v) is 5.20. The van der Waals surface area contributed by atoms with Crippen LogP contribution in [-0.2, 0) is 6.54 Å². The summed E-state index contributed by atoms with van der Waals surface area (Å²) in [6.45, 7) is 0.0876. The van der Waals surface area contributed by atoms with E-state index in [9.17, 15) is 0 Å². The molecule has 0 saturated carbocycles. The van der Waals surface area contributed by atoms with Gasteiger partial charge in [-0.3, -0.25) is 9.98 Å². The van der Waals surface area contributed by atoms with Crippen LogP contribution in [0.25, 0.3) is 11.0 Å². The molecule has 0 aliphatic carbocycles. The lowest BCUT2D eigenvalue weighted by Crippen LogP contribution is -2.22. The van der Waals surface area contributed by atoms with E-state index in [4.69, 9.17) is 20.1 Å². The number of aromatic nitrogens is 2. The third kappa shape index (κ3) is 3.27. The average Bonchev–Trinajstić information content (AvgIpc) is 2.91. The highest BCUT2D eigenvalue weighted by Crippen LogP contribution is 2.29. The zero-order chi connectivity index (χ0) is 17.8. The standard InChI is InChI=1S/C18H17N5O2.ClH/c1-24-16-9-5-6-13(17(16)25-2)12-21-23-15-8-4-3-7-14(15)22(11-10-19)18(23)20;/h3-9,12,20H,11H2,1-2H3;1H/b20-18?,21-12+;. The van der Waals surface area contributed by atoms with Gasteiger partial charge in [-0.1, -0.05) is 18.2 Å². The number of nitrogens with zero attached hydrogens (tertiary/aromatic N) is 4. The van der Waals surface area contributed by atoms with E-state index in [0.717, 1.165) is 16.6 Å². The Hall–Kier alpha value is -3.24. The molecule has 134 valence electrons. The second-order valence-electron chi connectivity index (χ2n) is 5.20. The van der Waals surface area contributed by atoms with Crippen LogP contribution in [0.15, 0.2) is 47.6 Å². The maximum absolute atomic E-state index is 9.01. The number of para-hydroxylation sites is 3. The van der Waals surface area contributed by atoms with Crippen LogP contribution >= 0.6 is 12.4 Å². The summed E-state index contributed by atoms with van der Waals surface area (Å²) in [5, 5.41) is 21.8. The SMILES string of the molecule is COc1cccc(/C=N/n2c(=N)n(CC#N)c3ccccc32)c1OC.Cl. The first-order chi connectivity index (χ1) is 12.2. The van der Waals surface area contributed by atoms with Crippen LogP contribution in [-0.4, -0.2) is 29.7 Å². The Morgan fingerprint density at radius 2 is 1.85 bits per heavy atom. The fourth-order valence-corrected chi connectivity index (χ4v) is 2.70. The Kier molecular flexibility index (Phi) is 6.04. The lowest BCUT2D eigenvalue weighted by atomic mass is 10.2. The highest BCUT2D eigenvalue weighted by atomic mass is 35.5. The van der Waals surface area contributed by atoms with Crippen molar-refractivity contribution in [2.75, 3.05) is 14.2 Å². The van der Waals surface area contributed by atoms with Gasteiger partial charge in [0.15, 0.2) is 11.5 Å². The number of nitriles is 1. The third-order valence-electron chi connectivity index (χ3n) is 3.83. The Labute approximate surface area is 156 Å². The summed E-state index contributed by atoms with van der Waals surface area (Å²) in [5.41, 5.74) is 2.39. The normalized spacial score (nSPS) is 10.5. The monoisotopic (exact) mass is 371 g/mol. The first-order valence-corrected chi connectivity index (χ1v) is 7.58. The number of hydrogen-bond acceptors (Lipinski definition) is 5. The number of methoxy groups -OCH3 is 2. The molecule has 0 spiro atoms. The van der Waals surface area contributed by atoms with Gasteiger partial charge in [-0.05, 0) is 24.3 Å². The smallest absolute Gasteiger partial charge is 0.225 e. The van der Waals surface area contributed by atoms with Crippen molar-refractivity contribution in [2.45, 2.75) is 6.54 Å². The molecular weight excluding hydrogens is 354 g/mol. The van der Waals surface area contributed by atoms with E-state index in [1.54, 1.807) is 31.1 Å². The van der Waals surface area contributed by atoms with Gasteiger partial charge < -0.3 is 9.47 Å². The minimum absolute atomic E-state index is 0.